The molecule has 1 unspecified atom stereocenters. The molecule has 2 aromatic rings. The van der Waals surface area contributed by atoms with Gasteiger partial charge in [0.05, 0.1) is 27.7 Å². The molecule has 13 heteroatoms. The number of rotatable bonds is 8. The molecule has 1 aromatic carbocycles. The van der Waals surface area contributed by atoms with Crippen LogP contribution in [0.4, 0.5) is 19.7 Å². The van der Waals surface area contributed by atoms with E-state index in [4.69, 9.17) is 9.47 Å². The van der Waals surface area contributed by atoms with Gasteiger partial charge < -0.3 is 9.47 Å². The van der Waals surface area contributed by atoms with Crippen molar-refractivity contribution in [3.8, 4) is 10.4 Å². The lowest BCUT2D eigenvalue weighted by molar-refractivity contribution is 0.118. The first-order valence-corrected chi connectivity index (χ1v) is 15.0. The molecule has 0 aliphatic heterocycles. The Bertz CT molecular complexity index is 1420. The molecule has 0 fully saturated rings. The van der Waals surface area contributed by atoms with Gasteiger partial charge in [0.15, 0.2) is 0 Å². The Balaban J connectivity index is 1.91. The minimum Gasteiger partial charge on any atom is -0.447 e. The van der Waals surface area contributed by atoms with Crippen LogP contribution in [0, 0.1) is 0 Å². The van der Waals surface area contributed by atoms with Gasteiger partial charge >= 0.3 is 12.2 Å². The SMILES string of the molecule is CC(C)OC(=O)NC1=CCC(c2ncc(-c3ccc(NC(=O)OC(C)C)cc3S(=O)(=O)NC(C)(C)C)s2)C=C1F. The molecule has 1 aromatic heterocycles. The van der Waals surface area contributed by atoms with E-state index >= 15 is 0 Å². The van der Waals surface area contributed by atoms with Gasteiger partial charge in [-0.2, -0.15) is 0 Å². The zero-order valence-corrected chi connectivity index (χ0v) is 25.1. The Morgan fingerprint density at radius 2 is 1.70 bits per heavy atom. The zero-order valence-electron chi connectivity index (χ0n) is 23.5. The number of allylic oxidation sites excluding steroid dienone is 3. The maximum absolute atomic E-state index is 14.8. The van der Waals surface area contributed by atoms with Gasteiger partial charge in [-0.25, -0.2) is 32.1 Å². The van der Waals surface area contributed by atoms with Crippen LogP contribution in [0.2, 0.25) is 0 Å². The van der Waals surface area contributed by atoms with Crippen LogP contribution < -0.4 is 15.4 Å². The van der Waals surface area contributed by atoms with Crippen LogP contribution in [0.1, 0.15) is 65.8 Å². The van der Waals surface area contributed by atoms with E-state index in [1.807, 2.05) is 0 Å². The number of anilines is 1. The van der Waals surface area contributed by atoms with E-state index in [-0.39, 0.29) is 28.5 Å². The van der Waals surface area contributed by atoms with Crippen molar-refractivity contribution >= 4 is 39.2 Å². The molecule has 0 spiro atoms. The van der Waals surface area contributed by atoms with E-state index < -0.39 is 39.5 Å². The summed E-state index contributed by atoms with van der Waals surface area (Å²) in [5.74, 6) is -1.03. The third-order valence-corrected chi connectivity index (χ3v) is 8.13. The molecule has 218 valence electrons. The molecule has 3 N–H and O–H groups in total. The van der Waals surface area contributed by atoms with E-state index in [1.165, 1.54) is 29.7 Å². The average molecular weight is 595 g/mol. The summed E-state index contributed by atoms with van der Waals surface area (Å²) in [6.45, 7) is 12.0. The first-order chi connectivity index (χ1) is 18.5. The second kappa shape index (κ2) is 12.5. The summed E-state index contributed by atoms with van der Waals surface area (Å²) in [6.07, 6.45) is 2.68. The van der Waals surface area contributed by atoms with E-state index in [1.54, 1.807) is 66.7 Å². The first-order valence-electron chi connectivity index (χ1n) is 12.7. The number of hydrogen-bond acceptors (Lipinski definition) is 8. The van der Waals surface area contributed by atoms with Gasteiger partial charge in [0.25, 0.3) is 0 Å². The summed E-state index contributed by atoms with van der Waals surface area (Å²) in [6, 6.07) is 4.52. The van der Waals surface area contributed by atoms with Crippen LogP contribution in [0.3, 0.4) is 0 Å². The number of ether oxygens (including phenoxy) is 2. The standard InChI is InChI=1S/C27H35FN4O6S2/c1-15(2)37-25(33)30-18-9-10-19(23(13-18)40(35,36)32-27(5,6)7)22-14-29-24(39-22)17-8-11-21(20(28)12-17)31-26(34)38-16(3)4/h9-17,32H,8H2,1-7H3,(H,30,33)(H,31,34). The number of alkyl carbamates (subject to hydrolysis) is 1. The highest BCUT2D eigenvalue weighted by Gasteiger charge is 2.28. The van der Waals surface area contributed by atoms with Gasteiger partial charge in [0, 0.05) is 28.9 Å². The molecular weight excluding hydrogens is 559 g/mol. The van der Waals surface area contributed by atoms with Gasteiger partial charge in [-0.15, -0.1) is 11.3 Å². The number of amides is 2. The third kappa shape index (κ3) is 8.60. The van der Waals surface area contributed by atoms with Gasteiger partial charge in [-0.05, 0) is 73.1 Å². The molecule has 0 bridgehead atoms. The number of carbonyl (C=O) groups is 2. The monoisotopic (exact) mass is 594 g/mol. The number of halogens is 1. The lowest BCUT2D eigenvalue weighted by Crippen LogP contribution is -2.40. The van der Waals surface area contributed by atoms with Gasteiger partial charge in [0.1, 0.15) is 10.8 Å². The Hall–Kier alpha value is -3.29. The number of nitrogens with one attached hydrogen (secondary N) is 3. The van der Waals surface area contributed by atoms with Crippen molar-refractivity contribution in [3.63, 3.8) is 0 Å². The van der Waals surface area contributed by atoms with Crippen molar-refractivity contribution in [2.75, 3.05) is 5.32 Å². The van der Waals surface area contributed by atoms with E-state index in [0.29, 0.717) is 21.9 Å². The van der Waals surface area contributed by atoms with Crippen LogP contribution in [-0.2, 0) is 19.5 Å². The summed E-state index contributed by atoms with van der Waals surface area (Å²) < 4.78 is 54.4. The van der Waals surface area contributed by atoms with Crippen LogP contribution in [0.15, 0.2) is 53.0 Å². The van der Waals surface area contributed by atoms with E-state index in [0.717, 1.165) is 0 Å². The van der Waals surface area contributed by atoms with Crippen LogP contribution in [0.25, 0.3) is 10.4 Å². The normalized spacial score (nSPS) is 15.9. The molecule has 0 saturated carbocycles. The van der Waals surface area contributed by atoms with Gasteiger partial charge in [0.2, 0.25) is 10.0 Å². The molecule has 10 nitrogen and oxygen atoms in total. The quantitative estimate of drug-likeness (QED) is 0.331. The minimum absolute atomic E-state index is 0.0272. The van der Waals surface area contributed by atoms with Crippen molar-refractivity contribution < 1.29 is 31.9 Å². The fourth-order valence-corrected chi connectivity index (χ4v) is 6.51. The number of carbonyl (C=O) groups excluding carboxylic acids is 2. The van der Waals surface area contributed by atoms with Crippen molar-refractivity contribution in [2.45, 2.75) is 83.4 Å². The van der Waals surface area contributed by atoms with E-state index in [9.17, 15) is 22.4 Å². The molecule has 3 rings (SSSR count). The number of hydrogen-bond donors (Lipinski definition) is 3. The Labute approximate surface area is 238 Å². The van der Waals surface area contributed by atoms with Crippen molar-refractivity contribution in [2.24, 2.45) is 0 Å². The maximum atomic E-state index is 14.8. The number of sulfonamides is 1. The number of nitrogens with zero attached hydrogens (tertiary/aromatic N) is 1. The lowest BCUT2D eigenvalue weighted by atomic mass is 9.99. The summed E-state index contributed by atoms with van der Waals surface area (Å²) in [4.78, 5) is 28.9. The summed E-state index contributed by atoms with van der Waals surface area (Å²) in [7, 11) is -4.03. The molecule has 1 aliphatic carbocycles. The van der Waals surface area contributed by atoms with Crippen LogP contribution >= 0.6 is 11.3 Å². The molecular formula is C27H35FN4O6S2. The zero-order chi connectivity index (χ0) is 29.8. The van der Waals surface area contributed by atoms with Crippen molar-refractivity contribution in [3.05, 3.63) is 53.1 Å². The number of benzene rings is 1. The Morgan fingerprint density at radius 3 is 2.27 bits per heavy atom. The molecule has 0 radical (unpaired) electrons. The maximum Gasteiger partial charge on any atom is 0.411 e. The molecule has 2 amide bonds. The molecule has 1 aliphatic rings. The summed E-state index contributed by atoms with van der Waals surface area (Å²) in [5, 5.41) is 5.53. The predicted octanol–water partition coefficient (Wildman–Crippen LogP) is 6.20. The number of aromatic nitrogens is 1. The highest BCUT2D eigenvalue weighted by Crippen LogP contribution is 2.39. The second-order valence-corrected chi connectivity index (χ2v) is 13.5. The van der Waals surface area contributed by atoms with E-state index in [2.05, 4.69) is 20.3 Å². The Morgan fingerprint density at radius 1 is 1.07 bits per heavy atom. The van der Waals surface area contributed by atoms with Crippen molar-refractivity contribution in [1.29, 1.82) is 0 Å². The highest BCUT2D eigenvalue weighted by atomic mass is 32.2. The summed E-state index contributed by atoms with van der Waals surface area (Å²) in [5.41, 5.74) is -0.122. The fourth-order valence-electron chi connectivity index (χ4n) is 3.74. The predicted molar refractivity (Wildman–Crippen MR) is 152 cm³/mol. The molecule has 1 heterocycles. The minimum atomic E-state index is -4.03. The molecule has 1 atom stereocenters. The van der Waals surface area contributed by atoms with Crippen molar-refractivity contribution in [1.82, 2.24) is 15.0 Å². The second-order valence-electron chi connectivity index (χ2n) is 10.8. The smallest absolute Gasteiger partial charge is 0.411 e. The van der Waals surface area contributed by atoms with Gasteiger partial charge in [-0.3, -0.25) is 10.6 Å². The average Bonchev–Trinajstić information content (AvgIpc) is 3.28. The molecule has 0 saturated heterocycles. The third-order valence-electron chi connectivity index (χ3n) is 5.17. The topological polar surface area (TPSA) is 136 Å². The fraction of sp³-hybridized carbons (Fsp3) is 0.444. The Kier molecular flexibility index (Phi) is 9.75. The number of thiazole rings is 1. The first kappa shape index (κ1) is 31.2. The van der Waals surface area contributed by atoms with Gasteiger partial charge in [-0.1, -0.05) is 12.1 Å². The lowest BCUT2D eigenvalue weighted by Gasteiger charge is -2.22. The highest BCUT2D eigenvalue weighted by molar-refractivity contribution is 7.89. The largest absolute Gasteiger partial charge is 0.447 e. The summed E-state index contributed by atoms with van der Waals surface area (Å²) >= 11 is 1.23. The van der Waals surface area contributed by atoms with Crippen LogP contribution in [-0.4, -0.2) is 43.3 Å². The van der Waals surface area contributed by atoms with Crippen LogP contribution in [0.5, 0.6) is 0 Å². The molecule has 40 heavy (non-hydrogen) atoms.